The lowest BCUT2D eigenvalue weighted by Crippen LogP contribution is -2.23. The maximum atomic E-state index is 4.99. The van der Waals surface area contributed by atoms with Crippen LogP contribution in [0.3, 0.4) is 0 Å². The lowest BCUT2D eigenvalue weighted by molar-refractivity contribution is 0.616. The molecule has 2 nitrogen and oxygen atoms in total. The zero-order chi connectivity index (χ0) is 6.85. The molecule has 0 aromatic rings. The van der Waals surface area contributed by atoms with Gasteiger partial charge in [0.2, 0.25) is 0 Å². The fourth-order valence-electron chi connectivity index (χ4n) is 0.678. The standard InChI is InChI=1S/C5H10N2S2/c1-7-3-6-5(8)9(2)4-7/h3,9H,4H2,1-2H3. The van der Waals surface area contributed by atoms with E-state index in [1.165, 1.54) is 0 Å². The highest BCUT2D eigenvalue weighted by Gasteiger charge is 2.08. The van der Waals surface area contributed by atoms with Crippen molar-refractivity contribution < 1.29 is 0 Å². The Bertz CT molecular complexity index is 155. The van der Waals surface area contributed by atoms with E-state index in [0.717, 1.165) is 10.2 Å². The summed E-state index contributed by atoms with van der Waals surface area (Å²) in [7, 11) is 1.89. The second-order valence-electron chi connectivity index (χ2n) is 2.12. The lowest BCUT2D eigenvalue weighted by Gasteiger charge is -2.25. The molecular weight excluding hydrogens is 152 g/mol. The van der Waals surface area contributed by atoms with Crippen molar-refractivity contribution in [2.45, 2.75) is 0 Å². The van der Waals surface area contributed by atoms with Crippen LogP contribution in [-0.2, 0) is 0 Å². The summed E-state index contributed by atoms with van der Waals surface area (Å²) < 4.78 is 0.892. The van der Waals surface area contributed by atoms with Gasteiger partial charge in [-0.25, -0.2) is 4.99 Å². The van der Waals surface area contributed by atoms with Crippen LogP contribution in [-0.4, -0.2) is 34.7 Å². The Morgan fingerprint density at radius 1 is 1.89 bits per heavy atom. The Hall–Kier alpha value is -0.0900. The van der Waals surface area contributed by atoms with Gasteiger partial charge in [0.15, 0.2) is 0 Å². The molecule has 52 valence electrons. The molecule has 4 heteroatoms. The maximum absolute atomic E-state index is 4.99. The molecule has 0 amide bonds. The van der Waals surface area contributed by atoms with Gasteiger partial charge >= 0.3 is 0 Å². The normalized spacial score (nSPS) is 31.1. The van der Waals surface area contributed by atoms with Gasteiger partial charge < -0.3 is 4.90 Å². The summed E-state index contributed by atoms with van der Waals surface area (Å²) in [6, 6.07) is 0. The van der Waals surface area contributed by atoms with E-state index in [1.54, 1.807) is 6.34 Å². The van der Waals surface area contributed by atoms with Crippen LogP contribution in [0.4, 0.5) is 0 Å². The Kier molecular flexibility index (Phi) is 2.08. The highest BCUT2D eigenvalue weighted by molar-refractivity contribution is 8.35. The quantitative estimate of drug-likeness (QED) is 0.419. The molecule has 1 atom stereocenters. The molecule has 1 heterocycles. The number of rotatable bonds is 0. The zero-order valence-electron chi connectivity index (χ0n) is 5.53. The van der Waals surface area contributed by atoms with Crippen LogP contribution >= 0.6 is 23.1 Å². The van der Waals surface area contributed by atoms with Gasteiger partial charge in [-0.3, -0.25) is 0 Å². The Balaban J connectivity index is 2.65. The van der Waals surface area contributed by atoms with Crippen molar-refractivity contribution in [2.24, 2.45) is 4.99 Å². The number of hydrogen-bond acceptors (Lipinski definition) is 2. The first-order valence-electron chi connectivity index (χ1n) is 2.69. The van der Waals surface area contributed by atoms with Crippen molar-refractivity contribution in [1.82, 2.24) is 4.90 Å². The minimum absolute atomic E-state index is 0.133. The molecule has 1 aliphatic rings. The third-order valence-corrected chi connectivity index (χ3v) is 3.81. The summed E-state index contributed by atoms with van der Waals surface area (Å²) in [5, 5.41) is 0. The molecule has 1 aliphatic heterocycles. The van der Waals surface area contributed by atoms with Gasteiger partial charge in [0.25, 0.3) is 0 Å². The van der Waals surface area contributed by atoms with Crippen LogP contribution in [0.15, 0.2) is 4.99 Å². The monoisotopic (exact) mass is 162 g/mol. The molecule has 0 aromatic carbocycles. The molecule has 9 heavy (non-hydrogen) atoms. The van der Waals surface area contributed by atoms with Crippen LogP contribution in [0.1, 0.15) is 0 Å². The largest absolute Gasteiger partial charge is 0.358 e. The maximum Gasteiger partial charge on any atom is 0.143 e. The lowest BCUT2D eigenvalue weighted by atomic mass is 10.9. The summed E-state index contributed by atoms with van der Waals surface area (Å²) in [4.78, 5) is 6.12. The van der Waals surface area contributed by atoms with Gasteiger partial charge in [-0.2, -0.15) is 10.9 Å². The minimum Gasteiger partial charge on any atom is -0.358 e. The topological polar surface area (TPSA) is 15.6 Å². The Morgan fingerprint density at radius 3 is 3.00 bits per heavy atom. The van der Waals surface area contributed by atoms with Crippen molar-refractivity contribution in [2.75, 3.05) is 19.2 Å². The molecule has 0 saturated heterocycles. The number of thiocarbonyl (C=S) groups is 1. The van der Waals surface area contributed by atoms with Gasteiger partial charge in [0.05, 0.1) is 12.2 Å². The predicted octanol–water partition coefficient (Wildman–Crippen LogP) is 0.834. The van der Waals surface area contributed by atoms with Gasteiger partial charge in [0, 0.05) is 7.05 Å². The average Bonchev–Trinajstić information content (AvgIpc) is 1.80. The van der Waals surface area contributed by atoms with Gasteiger partial charge in [-0.15, -0.1) is 0 Å². The summed E-state index contributed by atoms with van der Waals surface area (Å²) in [6.07, 6.45) is 3.95. The van der Waals surface area contributed by atoms with E-state index in [2.05, 4.69) is 16.1 Å². The average molecular weight is 162 g/mol. The van der Waals surface area contributed by atoms with E-state index in [4.69, 9.17) is 12.2 Å². The van der Waals surface area contributed by atoms with Crippen molar-refractivity contribution in [3.63, 3.8) is 0 Å². The highest BCUT2D eigenvalue weighted by atomic mass is 32.2. The zero-order valence-corrected chi connectivity index (χ0v) is 7.25. The summed E-state index contributed by atoms with van der Waals surface area (Å²) in [6.45, 7) is 0. The fraction of sp³-hybridized carbons (Fsp3) is 0.600. The smallest absolute Gasteiger partial charge is 0.143 e. The molecule has 0 N–H and O–H groups in total. The van der Waals surface area contributed by atoms with Gasteiger partial charge in [-0.1, -0.05) is 12.2 Å². The van der Waals surface area contributed by atoms with E-state index in [9.17, 15) is 0 Å². The third-order valence-electron chi connectivity index (χ3n) is 1.13. The second kappa shape index (κ2) is 2.66. The van der Waals surface area contributed by atoms with Crippen LogP contribution in [0.5, 0.6) is 0 Å². The predicted molar refractivity (Wildman–Crippen MR) is 48.6 cm³/mol. The molecule has 0 spiro atoms. The van der Waals surface area contributed by atoms with Crippen molar-refractivity contribution in [1.29, 1.82) is 0 Å². The SMILES string of the molecule is CN1C=NC(=S)[SH](C)C1. The number of nitrogens with zero attached hydrogens (tertiary/aromatic N) is 2. The van der Waals surface area contributed by atoms with Crippen molar-refractivity contribution in [3.8, 4) is 0 Å². The molecule has 0 saturated carbocycles. The second-order valence-corrected chi connectivity index (χ2v) is 4.92. The molecule has 0 radical (unpaired) electrons. The van der Waals surface area contributed by atoms with Gasteiger partial charge in [-0.05, 0) is 6.26 Å². The molecular formula is C5H10N2S2. The number of aliphatic imine (C=N–C) groups is 1. The van der Waals surface area contributed by atoms with E-state index in [1.807, 2.05) is 7.05 Å². The van der Waals surface area contributed by atoms with Crippen LogP contribution < -0.4 is 0 Å². The highest BCUT2D eigenvalue weighted by Crippen LogP contribution is 2.25. The summed E-state index contributed by atoms with van der Waals surface area (Å²) in [5.41, 5.74) is 0. The van der Waals surface area contributed by atoms with E-state index < -0.39 is 0 Å². The summed E-state index contributed by atoms with van der Waals surface area (Å²) >= 11 is 4.99. The fourth-order valence-corrected chi connectivity index (χ4v) is 2.01. The van der Waals surface area contributed by atoms with E-state index >= 15 is 0 Å². The van der Waals surface area contributed by atoms with E-state index in [-0.39, 0.29) is 10.9 Å². The van der Waals surface area contributed by atoms with Crippen LogP contribution in [0.25, 0.3) is 0 Å². The molecule has 0 bridgehead atoms. The number of thiol groups is 1. The molecule has 0 fully saturated rings. The van der Waals surface area contributed by atoms with Gasteiger partial charge in [0.1, 0.15) is 4.32 Å². The Labute approximate surface area is 63.3 Å². The van der Waals surface area contributed by atoms with Crippen LogP contribution in [0, 0.1) is 0 Å². The summed E-state index contributed by atoms with van der Waals surface area (Å²) in [5.74, 6) is 1.07. The number of hydrogen-bond donors (Lipinski definition) is 1. The first-order valence-corrected chi connectivity index (χ1v) is 5.08. The molecule has 1 rings (SSSR count). The molecule has 0 aliphatic carbocycles. The first kappa shape index (κ1) is 7.02. The Morgan fingerprint density at radius 2 is 2.56 bits per heavy atom. The van der Waals surface area contributed by atoms with Crippen LogP contribution in [0.2, 0.25) is 0 Å². The minimum atomic E-state index is -0.133. The third kappa shape index (κ3) is 1.66. The molecule has 0 aromatic heterocycles. The van der Waals surface area contributed by atoms with E-state index in [0.29, 0.717) is 0 Å². The first-order chi connectivity index (χ1) is 4.20. The van der Waals surface area contributed by atoms with Crippen molar-refractivity contribution in [3.05, 3.63) is 0 Å². The molecule has 1 unspecified atom stereocenters. The van der Waals surface area contributed by atoms with Crippen molar-refractivity contribution >= 4 is 33.8 Å².